The van der Waals surface area contributed by atoms with Gasteiger partial charge in [0.15, 0.2) is 5.78 Å². The van der Waals surface area contributed by atoms with Gasteiger partial charge in [0.25, 0.3) is 0 Å². The van der Waals surface area contributed by atoms with E-state index in [0.717, 1.165) is 19.6 Å². The summed E-state index contributed by atoms with van der Waals surface area (Å²) < 4.78 is 0. The molecule has 0 aromatic heterocycles. The van der Waals surface area contributed by atoms with Crippen molar-refractivity contribution in [1.29, 1.82) is 0 Å². The number of Topliss-reactive ketones (excluding diaryl/α,β-unsaturated/α-hetero) is 1. The van der Waals surface area contributed by atoms with Gasteiger partial charge in [-0.25, -0.2) is 4.79 Å². The lowest BCUT2D eigenvalue weighted by molar-refractivity contribution is 0.0994. The second-order valence-corrected chi connectivity index (χ2v) is 7.89. The molecular formula is C23H29N3O2. The van der Waals surface area contributed by atoms with Gasteiger partial charge in [-0.05, 0) is 48.6 Å². The van der Waals surface area contributed by atoms with Crippen molar-refractivity contribution >= 4 is 17.5 Å². The molecule has 5 heteroatoms. The Labute approximate surface area is 167 Å². The van der Waals surface area contributed by atoms with E-state index in [0.29, 0.717) is 23.1 Å². The third kappa shape index (κ3) is 5.20. The normalized spacial score (nSPS) is 22.5. The van der Waals surface area contributed by atoms with Gasteiger partial charge in [0.05, 0.1) is 0 Å². The number of amides is 2. The van der Waals surface area contributed by atoms with Crippen LogP contribution in [0.2, 0.25) is 0 Å². The third-order valence-electron chi connectivity index (χ3n) is 5.41. The second kappa shape index (κ2) is 9.02. The minimum absolute atomic E-state index is 0.0147. The first-order valence-electron chi connectivity index (χ1n) is 9.87. The Kier molecular flexibility index (Phi) is 6.47. The molecule has 1 heterocycles. The molecule has 1 unspecified atom stereocenters. The van der Waals surface area contributed by atoms with Gasteiger partial charge in [-0.2, -0.15) is 0 Å². The number of nitrogens with one attached hydrogen (secondary N) is 2. The minimum Gasteiger partial charge on any atom is -0.335 e. The van der Waals surface area contributed by atoms with E-state index < -0.39 is 0 Å². The highest BCUT2D eigenvalue weighted by Gasteiger charge is 2.32. The number of likely N-dealkylation sites (tertiary alicyclic amines) is 1. The molecule has 148 valence electrons. The van der Waals surface area contributed by atoms with Crippen LogP contribution in [-0.2, 0) is 6.54 Å². The van der Waals surface area contributed by atoms with Crippen LogP contribution in [0.5, 0.6) is 0 Å². The van der Waals surface area contributed by atoms with Crippen molar-refractivity contribution in [3.63, 3.8) is 0 Å². The molecule has 3 rings (SSSR count). The Morgan fingerprint density at radius 1 is 0.964 bits per heavy atom. The summed E-state index contributed by atoms with van der Waals surface area (Å²) in [5, 5.41) is 6.02. The zero-order valence-electron chi connectivity index (χ0n) is 16.8. The van der Waals surface area contributed by atoms with Crippen molar-refractivity contribution in [1.82, 2.24) is 10.2 Å². The molecule has 0 saturated carbocycles. The van der Waals surface area contributed by atoms with Gasteiger partial charge in [0.1, 0.15) is 0 Å². The molecular weight excluding hydrogens is 350 g/mol. The smallest absolute Gasteiger partial charge is 0.319 e. The lowest BCUT2D eigenvalue weighted by Crippen LogP contribution is -2.55. The molecule has 2 amide bonds. The summed E-state index contributed by atoms with van der Waals surface area (Å²) in [4.78, 5) is 26.3. The highest BCUT2D eigenvalue weighted by Crippen LogP contribution is 2.24. The van der Waals surface area contributed by atoms with Crippen LogP contribution in [0.4, 0.5) is 10.5 Å². The van der Waals surface area contributed by atoms with Crippen LogP contribution < -0.4 is 10.6 Å². The summed E-state index contributed by atoms with van der Waals surface area (Å²) >= 11 is 0. The van der Waals surface area contributed by atoms with Gasteiger partial charge in [0.2, 0.25) is 0 Å². The van der Waals surface area contributed by atoms with E-state index in [9.17, 15) is 9.59 Å². The molecule has 1 saturated heterocycles. The average molecular weight is 380 g/mol. The van der Waals surface area contributed by atoms with E-state index in [1.807, 2.05) is 6.07 Å². The Bertz CT molecular complexity index is 792. The maximum Gasteiger partial charge on any atom is 0.319 e. The van der Waals surface area contributed by atoms with Crippen LogP contribution in [0.3, 0.4) is 0 Å². The van der Waals surface area contributed by atoms with Gasteiger partial charge in [-0.1, -0.05) is 44.2 Å². The number of hydrogen-bond donors (Lipinski definition) is 2. The molecule has 3 atom stereocenters. The van der Waals surface area contributed by atoms with Crippen molar-refractivity contribution in [3.05, 3.63) is 65.7 Å². The van der Waals surface area contributed by atoms with Crippen molar-refractivity contribution in [2.45, 2.75) is 33.4 Å². The number of carbonyl (C=O) groups excluding carboxylic acids is 2. The molecule has 1 fully saturated rings. The Morgan fingerprint density at radius 2 is 1.57 bits per heavy atom. The zero-order chi connectivity index (χ0) is 20.1. The van der Waals surface area contributed by atoms with Crippen molar-refractivity contribution in [2.24, 2.45) is 11.8 Å². The van der Waals surface area contributed by atoms with Crippen LogP contribution in [0.1, 0.15) is 36.7 Å². The standard InChI is InChI=1S/C23H29N3O2/c1-16-13-26(15-19-7-5-4-6-8-19)14-17(2)22(16)25-23(28)24-21-11-9-20(10-12-21)18(3)27/h4-12,16-17,22H,13-15H2,1-3H3,(H2,24,25,28)/t16-,17+,22?. The molecule has 0 spiro atoms. The SMILES string of the molecule is CC(=O)c1ccc(NC(=O)NC2[C@H](C)CN(Cc3ccccc3)C[C@@H]2C)cc1. The molecule has 28 heavy (non-hydrogen) atoms. The number of nitrogens with zero attached hydrogens (tertiary/aromatic N) is 1. The van der Waals surface area contributed by atoms with Gasteiger partial charge >= 0.3 is 6.03 Å². The van der Waals surface area contributed by atoms with Gasteiger partial charge < -0.3 is 10.6 Å². The number of ketones is 1. The first-order valence-corrected chi connectivity index (χ1v) is 9.87. The molecule has 5 nitrogen and oxygen atoms in total. The molecule has 0 aliphatic carbocycles. The Morgan fingerprint density at radius 3 is 2.14 bits per heavy atom. The van der Waals surface area contributed by atoms with Crippen LogP contribution in [0.15, 0.2) is 54.6 Å². The van der Waals surface area contributed by atoms with E-state index in [4.69, 9.17) is 0 Å². The van der Waals surface area contributed by atoms with Crippen LogP contribution in [-0.4, -0.2) is 35.8 Å². The maximum atomic E-state index is 12.5. The fraction of sp³-hybridized carbons (Fsp3) is 0.391. The second-order valence-electron chi connectivity index (χ2n) is 7.89. The monoisotopic (exact) mass is 379 g/mol. The largest absolute Gasteiger partial charge is 0.335 e. The highest BCUT2D eigenvalue weighted by molar-refractivity contribution is 5.95. The summed E-state index contributed by atoms with van der Waals surface area (Å²) in [6, 6.07) is 17.4. The van der Waals surface area contributed by atoms with Crippen LogP contribution in [0, 0.1) is 11.8 Å². The maximum absolute atomic E-state index is 12.5. The lowest BCUT2D eigenvalue weighted by atomic mass is 9.85. The first kappa shape index (κ1) is 20.1. The minimum atomic E-state index is -0.198. The van der Waals surface area contributed by atoms with Crippen molar-refractivity contribution < 1.29 is 9.59 Å². The lowest BCUT2D eigenvalue weighted by Gasteiger charge is -2.41. The third-order valence-corrected chi connectivity index (χ3v) is 5.41. The van der Waals surface area contributed by atoms with E-state index >= 15 is 0 Å². The molecule has 2 aromatic carbocycles. The summed E-state index contributed by atoms with van der Waals surface area (Å²) in [5.41, 5.74) is 2.64. The molecule has 1 aliphatic rings. The van der Waals surface area contributed by atoms with E-state index in [1.165, 1.54) is 12.5 Å². The number of carbonyl (C=O) groups is 2. The van der Waals surface area contributed by atoms with Crippen molar-refractivity contribution in [3.8, 4) is 0 Å². The fourth-order valence-electron chi connectivity index (χ4n) is 4.04. The number of anilines is 1. The molecule has 0 radical (unpaired) electrons. The molecule has 0 bridgehead atoms. The fourth-order valence-corrected chi connectivity index (χ4v) is 4.04. The van der Waals surface area contributed by atoms with Crippen molar-refractivity contribution in [2.75, 3.05) is 18.4 Å². The van der Waals surface area contributed by atoms with Gasteiger partial charge in [0, 0.05) is 36.9 Å². The first-order chi connectivity index (χ1) is 13.4. The summed E-state index contributed by atoms with van der Waals surface area (Å²) in [7, 11) is 0. The molecule has 2 N–H and O–H groups in total. The number of rotatable bonds is 5. The predicted octanol–water partition coefficient (Wildman–Crippen LogP) is 4.17. The number of benzene rings is 2. The van der Waals surface area contributed by atoms with E-state index in [1.54, 1.807) is 24.3 Å². The van der Waals surface area contributed by atoms with Crippen LogP contribution in [0.25, 0.3) is 0 Å². The Hall–Kier alpha value is -2.66. The zero-order valence-corrected chi connectivity index (χ0v) is 16.8. The molecule has 1 aliphatic heterocycles. The van der Waals surface area contributed by atoms with Gasteiger partial charge in [-0.3, -0.25) is 9.69 Å². The van der Waals surface area contributed by atoms with Gasteiger partial charge in [-0.15, -0.1) is 0 Å². The number of urea groups is 1. The predicted molar refractivity (Wildman–Crippen MR) is 112 cm³/mol. The summed E-state index contributed by atoms with van der Waals surface area (Å²) in [6.07, 6.45) is 0. The molecule has 2 aromatic rings. The quantitative estimate of drug-likeness (QED) is 0.767. The topological polar surface area (TPSA) is 61.4 Å². The van der Waals surface area contributed by atoms with E-state index in [2.05, 4.69) is 53.6 Å². The van der Waals surface area contributed by atoms with E-state index in [-0.39, 0.29) is 17.9 Å². The summed E-state index contributed by atoms with van der Waals surface area (Å²) in [5.74, 6) is 0.734. The summed E-state index contributed by atoms with van der Waals surface area (Å²) in [6.45, 7) is 8.77. The highest BCUT2D eigenvalue weighted by atomic mass is 16.2. The van der Waals surface area contributed by atoms with Crippen LogP contribution >= 0.6 is 0 Å². The number of hydrogen-bond acceptors (Lipinski definition) is 3. The number of piperidine rings is 1. The average Bonchev–Trinajstić information content (AvgIpc) is 2.66. The Balaban J connectivity index is 1.54.